The van der Waals surface area contributed by atoms with Crippen LogP contribution in [-0.4, -0.2) is 6.71 Å². The Bertz CT molecular complexity index is 3560. The van der Waals surface area contributed by atoms with E-state index in [1.165, 1.54) is 112 Å². The smallest absolute Gasteiger partial charge is 0.252 e. The summed E-state index contributed by atoms with van der Waals surface area (Å²) in [4.78, 5) is 8.10. The zero-order valence-electron chi connectivity index (χ0n) is 46.5. The van der Waals surface area contributed by atoms with E-state index < -0.39 is 5.54 Å². The van der Waals surface area contributed by atoms with E-state index in [0.29, 0.717) is 0 Å². The fourth-order valence-corrected chi connectivity index (χ4v) is 13.4. The zero-order valence-corrected chi connectivity index (χ0v) is 46.5. The van der Waals surface area contributed by atoms with E-state index in [9.17, 15) is 0 Å². The van der Waals surface area contributed by atoms with Gasteiger partial charge in [-0.2, -0.15) is 0 Å². The number of rotatable bonds is 4. The molecule has 1 aliphatic carbocycles. The molecule has 0 saturated carbocycles. The van der Waals surface area contributed by atoms with E-state index in [1.807, 2.05) is 0 Å². The number of hydrogen-bond acceptors (Lipinski definition) is 3. The standard InChI is InChI=1S/C70H74BN3/c1-65(2,3)47-26-22-27-51(39-47)72-61-42-50(68(10,11)12)31-34-57(61)71-56-29-20-21-30-60(56)73(58-35-32-48(66(4,5)6)40-53(58)45-23-16-15-17-24-45)63-44-52(43-62(72)64(63)71)74-59-36-33-49(67(7,8)9)41-55(59)69(13)38-37-46-25-18-19-28-54(46)70(69,74)14/h15-36,39-44H,37-38H2,1-14H3. The van der Waals surface area contributed by atoms with Crippen LogP contribution in [0.25, 0.3) is 11.1 Å². The molecule has 4 heteroatoms. The minimum Gasteiger partial charge on any atom is -0.330 e. The fourth-order valence-electron chi connectivity index (χ4n) is 13.4. The highest BCUT2D eigenvalue weighted by Crippen LogP contribution is 2.65. The molecule has 4 aliphatic rings. The molecule has 3 aliphatic heterocycles. The number of benzene rings is 8. The highest BCUT2D eigenvalue weighted by molar-refractivity contribution is 7.00. The van der Waals surface area contributed by atoms with Crippen molar-refractivity contribution in [2.24, 2.45) is 0 Å². The quantitative estimate of drug-likeness (QED) is 0.163. The molecule has 2 unspecified atom stereocenters. The zero-order chi connectivity index (χ0) is 52.1. The molecule has 0 fully saturated rings. The second-order valence-corrected chi connectivity index (χ2v) is 26.6. The summed E-state index contributed by atoms with van der Waals surface area (Å²) in [5.74, 6) is 0. The van der Waals surface area contributed by atoms with E-state index in [-0.39, 0.29) is 33.8 Å². The normalized spacial score (nSPS) is 18.8. The second-order valence-electron chi connectivity index (χ2n) is 26.6. The molecule has 3 heterocycles. The predicted molar refractivity (Wildman–Crippen MR) is 319 cm³/mol. The first-order valence-corrected chi connectivity index (χ1v) is 27.3. The molecule has 2 atom stereocenters. The van der Waals surface area contributed by atoms with Gasteiger partial charge in [0.25, 0.3) is 6.71 Å². The van der Waals surface area contributed by atoms with E-state index >= 15 is 0 Å². The molecule has 0 bridgehead atoms. The van der Waals surface area contributed by atoms with Gasteiger partial charge in [0.15, 0.2) is 0 Å². The lowest BCUT2D eigenvalue weighted by atomic mass is 9.33. The van der Waals surface area contributed by atoms with Crippen molar-refractivity contribution in [3.63, 3.8) is 0 Å². The summed E-state index contributed by atoms with van der Waals surface area (Å²) in [7, 11) is 0. The van der Waals surface area contributed by atoms with Gasteiger partial charge in [-0.3, -0.25) is 0 Å². The molecule has 0 N–H and O–H groups in total. The molecule has 372 valence electrons. The highest BCUT2D eigenvalue weighted by Gasteiger charge is 2.60. The highest BCUT2D eigenvalue weighted by atomic mass is 15.3. The van der Waals surface area contributed by atoms with Crippen molar-refractivity contribution in [3.05, 3.63) is 209 Å². The van der Waals surface area contributed by atoms with Crippen LogP contribution in [0.1, 0.15) is 142 Å². The lowest BCUT2D eigenvalue weighted by Crippen LogP contribution is -2.61. The molecule has 0 radical (unpaired) electrons. The molecule has 0 saturated heterocycles. The van der Waals surface area contributed by atoms with Gasteiger partial charge in [-0.25, -0.2) is 0 Å². The van der Waals surface area contributed by atoms with Gasteiger partial charge in [0.1, 0.15) is 0 Å². The van der Waals surface area contributed by atoms with Crippen molar-refractivity contribution in [2.45, 2.75) is 142 Å². The number of para-hydroxylation sites is 1. The first kappa shape index (κ1) is 48.2. The van der Waals surface area contributed by atoms with Gasteiger partial charge in [-0.1, -0.05) is 205 Å². The van der Waals surface area contributed by atoms with Crippen molar-refractivity contribution in [2.75, 3.05) is 14.7 Å². The Balaban J connectivity index is 1.24. The van der Waals surface area contributed by atoms with Crippen molar-refractivity contribution < 1.29 is 0 Å². The molecule has 0 spiro atoms. The molecule has 8 aromatic rings. The molecule has 8 aromatic carbocycles. The van der Waals surface area contributed by atoms with Crippen molar-refractivity contribution in [1.82, 2.24) is 0 Å². The first-order valence-electron chi connectivity index (χ1n) is 27.3. The van der Waals surface area contributed by atoms with Crippen LogP contribution in [0.15, 0.2) is 170 Å². The summed E-state index contributed by atoms with van der Waals surface area (Å²) in [6.45, 7) is 33.3. The van der Waals surface area contributed by atoms with Crippen LogP contribution < -0.4 is 31.1 Å². The minimum atomic E-state index is -0.412. The van der Waals surface area contributed by atoms with Crippen LogP contribution in [0.3, 0.4) is 0 Å². The average molecular weight is 968 g/mol. The number of aryl methyl sites for hydroxylation is 1. The van der Waals surface area contributed by atoms with Crippen LogP contribution >= 0.6 is 0 Å². The Morgan fingerprint density at radius 2 is 0.973 bits per heavy atom. The van der Waals surface area contributed by atoms with Crippen molar-refractivity contribution >= 4 is 68.6 Å². The molecule has 12 rings (SSSR count). The van der Waals surface area contributed by atoms with Crippen LogP contribution in [-0.2, 0) is 39.0 Å². The minimum absolute atomic E-state index is 0.00106. The topological polar surface area (TPSA) is 9.72 Å². The number of hydrogen-bond donors (Lipinski definition) is 0. The Hall–Kier alpha value is -6.78. The third kappa shape index (κ3) is 7.21. The first-order chi connectivity index (χ1) is 35.0. The number of nitrogens with zero attached hydrogens (tertiary/aromatic N) is 3. The molecular formula is C70H74BN3. The van der Waals surface area contributed by atoms with Crippen molar-refractivity contribution in [1.29, 1.82) is 0 Å². The SMILES string of the molecule is CC(C)(C)c1cccc(N2c3cc(C(C)(C)C)ccc3B3c4ccccc4N(c4ccc(C(C)(C)C)cc4-c4ccccc4)c4cc(N5c6ccc(C(C)(C)C)cc6C6(C)CCc7ccccc7C56C)cc2c43)c1. The van der Waals surface area contributed by atoms with Gasteiger partial charge < -0.3 is 14.7 Å². The van der Waals surface area contributed by atoms with Gasteiger partial charge in [0.05, 0.1) is 11.2 Å². The molecule has 3 nitrogen and oxygen atoms in total. The van der Waals surface area contributed by atoms with Gasteiger partial charge >= 0.3 is 0 Å². The predicted octanol–water partition coefficient (Wildman–Crippen LogP) is 16.9. The van der Waals surface area contributed by atoms with Crippen molar-refractivity contribution in [3.8, 4) is 11.1 Å². The van der Waals surface area contributed by atoms with Gasteiger partial charge in [0, 0.05) is 50.8 Å². The molecule has 74 heavy (non-hydrogen) atoms. The van der Waals surface area contributed by atoms with Gasteiger partial charge in [-0.05, 0) is 157 Å². The van der Waals surface area contributed by atoms with Gasteiger partial charge in [0.2, 0.25) is 0 Å². The van der Waals surface area contributed by atoms with Crippen LogP contribution in [0.2, 0.25) is 0 Å². The van der Waals surface area contributed by atoms with E-state index in [2.05, 4.69) is 281 Å². The van der Waals surface area contributed by atoms with Crippen LogP contribution in [0, 0.1) is 0 Å². The lowest BCUT2D eigenvalue weighted by molar-refractivity contribution is 0.245. The summed E-state index contributed by atoms with van der Waals surface area (Å²) < 4.78 is 0. The number of anilines is 8. The number of fused-ring (bicyclic) bond motifs is 9. The van der Waals surface area contributed by atoms with E-state index in [4.69, 9.17) is 0 Å². The van der Waals surface area contributed by atoms with Gasteiger partial charge in [-0.15, -0.1) is 0 Å². The molecular weight excluding hydrogens is 894 g/mol. The average Bonchev–Trinajstić information content (AvgIpc) is 3.58. The van der Waals surface area contributed by atoms with E-state index in [1.54, 1.807) is 0 Å². The second kappa shape index (κ2) is 16.4. The monoisotopic (exact) mass is 968 g/mol. The van der Waals surface area contributed by atoms with Crippen LogP contribution in [0.5, 0.6) is 0 Å². The Kier molecular flexibility index (Phi) is 10.7. The fraction of sp³-hybridized carbons (Fsp3) is 0.314. The molecule has 0 amide bonds. The van der Waals surface area contributed by atoms with E-state index in [0.717, 1.165) is 12.8 Å². The largest absolute Gasteiger partial charge is 0.330 e. The maximum absolute atomic E-state index is 2.79. The summed E-state index contributed by atoms with van der Waals surface area (Å²) in [6, 6.07) is 66.5. The van der Waals surface area contributed by atoms with Crippen LogP contribution in [0.4, 0.5) is 45.5 Å². The summed E-state index contributed by atoms with van der Waals surface area (Å²) in [6.07, 6.45) is 2.11. The maximum atomic E-state index is 2.79. The third-order valence-corrected chi connectivity index (χ3v) is 17.9. The lowest BCUT2D eigenvalue weighted by Gasteiger charge is -2.52. The Morgan fingerprint density at radius 1 is 0.405 bits per heavy atom. The summed E-state index contributed by atoms with van der Waals surface area (Å²) in [5.41, 5.74) is 25.2. The summed E-state index contributed by atoms with van der Waals surface area (Å²) >= 11 is 0. The Labute approximate surface area is 443 Å². The maximum Gasteiger partial charge on any atom is 0.252 e. The molecule has 0 aromatic heterocycles. The Morgan fingerprint density at radius 3 is 1.68 bits per heavy atom. The third-order valence-electron chi connectivity index (χ3n) is 17.9. The summed E-state index contributed by atoms with van der Waals surface area (Å²) in [5, 5.41) is 0.